The highest BCUT2D eigenvalue weighted by atomic mass is 32.2. The number of hydrogen-bond donors (Lipinski definition) is 2. The largest absolute Gasteiger partial charge is 0.350 e. The van der Waals surface area contributed by atoms with Crippen molar-refractivity contribution in [1.82, 2.24) is 9.78 Å². The zero-order chi connectivity index (χ0) is 26.3. The van der Waals surface area contributed by atoms with Crippen molar-refractivity contribution in [3.05, 3.63) is 88.7 Å². The molecule has 1 aliphatic carbocycles. The van der Waals surface area contributed by atoms with E-state index in [4.69, 9.17) is 0 Å². The van der Waals surface area contributed by atoms with E-state index >= 15 is 0 Å². The van der Waals surface area contributed by atoms with E-state index in [1.54, 1.807) is 30.2 Å². The molecule has 1 fully saturated rings. The molecule has 1 saturated carbocycles. The third kappa shape index (κ3) is 5.28. The number of sulfonamides is 1. The van der Waals surface area contributed by atoms with Crippen LogP contribution in [0.3, 0.4) is 0 Å². The Kier molecular flexibility index (Phi) is 6.12. The predicted octanol–water partition coefficient (Wildman–Crippen LogP) is 5.59. The van der Waals surface area contributed by atoms with Gasteiger partial charge in [-0.3, -0.25) is 19.5 Å². The third-order valence-electron chi connectivity index (χ3n) is 5.91. The average Bonchev–Trinajstić information content (AvgIpc) is 3.61. The number of hydrogen-bond acceptors (Lipinski definition) is 6. The van der Waals surface area contributed by atoms with Crippen LogP contribution in [0.25, 0.3) is 22.3 Å². The summed E-state index contributed by atoms with van der Waals surface area (Å²) >= 11 is 0. The minimum absolute atomic E-state index is 0.0401. The molecular formula is C25H21F2N5O4S. The van der Waals surface area contributed by atoms with Gasteiger partial charge < -0.3 is 5.32 Å². The first-order chi connectivity index (χ1) is 17.6. The van der Waals surface area contributed by atoms with Gasteiger partial charge in [-0.05, 0) is 60.4 Å². The van der Waals surface area contributed by atoms with E-state index < -0.39 is 31.8 Å². The lowest BCUT2D eigenvalue weighted by molar-refractivity contribution is -0.383. The van der Waals surface area contributed by atoms with Crippen molar-refractivity contribution in [3.63, 3.8) is 0 Å². The molecule has 0 aliphatic heterocycles. The van der Waals surface area contributed by atoms with E-state index in [1.807, 2.05) is 0 Å². The summed E-state index contributed by atoms with van der Waals surface area (Å²) in [5.41, 5.74) is 1.92. The van der Waals surface area contributed by atoms with Crippen LogP contribution in [0.4, 0.5) is 31.5 Å². The quantitative estimate of drug-likeness (QED) is 0.229. The molecule has 37 heavy (non-hydrogen) atoms. The molecule has 4 aromatic rings. The Morgan fingerprint density at radius 2 is 1.76 bits per heavy atom. The Hall–Kier alpha value is -4.32. The summed E-state index contributed by atoms with van der Waals surface area (Å²) in [6.07, 6.45) is 4.40. The van der Waals surface area contributed by atoms with Crippen molar-refractivity contribution in [2.24, 2.45) is 7.05 Å². The molecule has 3 aromatic carbocycles. The van der Waals surface area contributed by atoms with Crippen molar-refractivity contribution >= 4 is 32.8 Å². The van der Waals surface area contributed by atoms with Crippen LogP contribution >= 0.6 is 0 Å². The number of nitro groups is 1. The minimum Gasteiger partial charge on any atom is -0.350 e. The lowest BCUT2D eigenvalue weighted by atomic mass is 10.0. The number of aryl methyl sites for hydroxylation is 1. The van der Waals surface area contributed by atoms with Crippen molar-refractivity contribution in [2.75, 3.05) is 10.0 Å². The van der Waals surface area contributed by atoms with Gasteiger partial charge in [-0.2, -0.15) is 5.10 Å². The van der Waals surface area contributed by atoms with Crippen molar-refractivity contribution < 1.29 is 22.1 Å². The molecule has 12 heteroatoms. The maximum absolute atomic E-state index is 14.6. The van der Waals surface area contributed by atoms with E-state index in [9.17, 15) is 27.3 Å². The number of nitro benzene ring substituents is 1. The highest BCUT2D eigenvalue weighted by molar-refractivity contribution is 7.93. The van der Waals surface area contributed by atoms with Gasteiger partial charge in [0.2, 0.25) is 10.0 Å². The highest BCUT2D eigenvalue weighted by Gasteiger charge is 2.35. The molecule has 0 amide bonds. The zero-order valence-electron chi connectivity index (χ0n) is 19.5. The van der Waals surface area contributed by atoms with Gasteiger partial charge in [0.05, 0.1) is 22.1 Å². The second-order valence-corrected chi connectivity index (χ2v) is 10.7. The SMILES string of the molecule is Cn1cc(-c2ccc(Nc3cc(NS(=O)(=O)C4CC4)cc(-c4ccc(F)cc4F)c3)c([N+](=O)[O-])c2)cn1. The van der Waals surface area contributed by atoms with Gasteiger partial charge >= 0.3 is 0 Å². The Labute approximate surface area is 211 Å². The minimum atomic E-state index is -3.65. The van der Waals surface area contributed by atoms with E-state index in [1.165, 1.54) is 36.4 Å². The number of aromatic nitrogens is 2. The highest BCUT2D eigenvalue weighted by Crippen LogP contribution is 2.37. The normalized spacial score (nSPS) is 13.4. The third-order valence-corrected chi connectivity index (χ3v) is 7.78. The van der Waals surface area contributed by atoms with Gasteiger partial charge in [0.1, 0.15) is 17.3 Å². The van der Waals surface area contributed by atoms with Gasteiger partial charge in [0.25, 0.3) is 5.69 Å². The van der Waals surface area contributed by atoms with Crippen LogP contribution in [0.2, 0.25) is 0 Å². The summed E-state index contributed by atoms with van der Waals surface area (Å²) in [6, 6.07) is 12.1. The fraction of sp³-hybridized carbons (Fsp3) is 0.160. The van der Waals surface area contributed by atoms with E-state index in [0.29, 0.717) is 24.0 Å². The second-order valence-electron chi connectivity index (χ2n) is 8.79. The van der Waals surface area contributed by atoms with Crippen molar-refractivity contribution in [2.45, 2.75) is 18.1 Å². The molecule has 0 spiro atoms. The standard InChI is InChI=1S/C25H21F2N5O4S/c1-31-14-17(13-28-31)15-2-7-24(25(10-15)32(33)34)29-19-8-16(22-6-3-18(26)11-23(22)27)9-20(12-19)30-37(35,36)21-4-5-21/h2-3,6-14,21,29-30H,4-5H2,1H3. The molecular weight excluding hydrogens is 504 g/mol. The van der Waals surface area contributed by atoms with E-state index in [2.05, 4.69) is 15.1 Å². The smallest absolute Gasteiger partial charge is 0.293 e. The maximum atomic E-state index is 14.6. The molecule has 0 saturated heterocycles. The number of anilines is 3. The number of nitrogens with one attached hydrogen (secondary N) is 2. The zero-order valence-corrected chi connectivity index (χ0v) is 20.3. The van der Waals surface area contributed by atoms with Crippen molar-refractivity contribution in [3.8, 4) is 22.3 Å². The van der Waals surface area contributed by atoms with E-state index in [0.717, 1.165) is 12.1 Å². The topological polar surface area (TPSA) is 119 Å². The molecule has 190 valence electrons. The number of rotatable bonds is 8. The van der Waals surface area contributed by atoms with Crippen LogP contribution in [-0.4, -0.2) is 28.4 Å². The molecule has 0 unspecified atom stereocenters. The van der Waals surface area contributed by atoms with Crippen LogP contribution in [0.1, 0.15) is 12.8 Å². The molecule has 1 aliphatic rings. The first kappa shape index (κ1) is 24.4. The summed E-state index contributed by atoms with van der Waals surface area (Å²) in [4.78, 5) is 11.3. The molecule has 0 atom stereocenters. The van der Waals surface area contributed by atoms with Crippen molar-refractivity contribution in [1.29, 1.82) is 0 Å². The fourth-order valence-corrected chi connectivity index (χ4v) is 5.33. The Balaban J connectivity index is 1.56. The Morgan fingerprint density at radius 3 is 2.41 bits per heavy atom. The van der Waals surface area contributed by atoms with Gasteiger partial charge in [0.15, 0.2) is 0 Å². The summed E-state index contributed by atoms with van der Waals surface area (Å²) in [5.74, 6) is -1.59. The van der Waals surface area contributed by atoms with Crippen LogP contribution in [0.15, 0.2) is 67.0 Å². The molecule has 9 nitrogen and oxygen atoms in total. The molecule has 0 bridgehead atoms. The summed E-state index contributed by atoms with van der Waals surface area (Å²) in [6.45, 7) is 0. The number of halogens is 2. The number of benzene rings is 3. The summed E-state index contributed by atoms with van der Waals surface area (Å²) < 4.78 is 57.3. The molecule has 1 heterocycles. The lowest BCUT2D eigenvalue weighted by Gasteiger charge is -2.15. The average molecular weight is 526 g/mol. The van der Waals surface area contributed by atoms with Gasteiger partial charge in [-0.25, -0.2) is 17.2 Å². The lowest BCUT2D eigenvalue weighted by Crippen LogP contribution is -2.17. The van der Waals surface area contributed by atoms with Gasteiger partial charge in [-0.1, -0.05) is 6.07 Å². The van der Waals surface area contributed by atoms with Crippen LogP contribution in [-0.2, 0) is 17.1 Å². The molecule has 2 N–H and O–H groups in total. The first-order valence-electron chi connectivity index (χ1n) is 11.3. The molecule has 0 radical (unpaired) electrons. The summed E-state index contributed by atoms with van der Waals surface area (Å²) in [5, 5.41) is 18.4. The number of nitrogens with zero attached hydrogens (tertiary/aromatic N) is 3. The van der Waals surface area contributed by atoms with Crippen LogP contribution in [0, 0.1) is 21.7 Å². The second kappa shape index (κ2) is 9.28. The monoisotopic (exact) mass is 525 g/mol. The van der Waals surface area contributed by atoms with Gasteiger partial charge in [-0.15, -0.1) is 0 Å². The fourth-order valence-electron chi connectivity index (χ4n) is 3.96. The first-order valence-corrected chi connectivity index (χ1v) is 12.8. The predicted molar refractivity (Wildman–Crippen MR) is 136 cm³/mol. The molecule has 5 rings (SSSR count). The summed E-state index contributed by atoms with van der Waals surface area (Å²) in [7, 11) is -1.91. The molecule has 1 aromatic heterocycles. The maximum Gasteiger partial charge on any atom is 0.293 e. The Bertz CT molecular complexity index is 1630. The van der Waals surface area contributed by atoms with Crippen LogP contribution < -0.4 is 10.0 Å². The van der Waals surface area contributed by atoms with E-state index in [-0.39, 0.29) is 33.9 Å². The van der Waals surface area contributed by atoms with Gasteiger partial charge in [0, 0.05) is 42.2 Å². The van der Waals surface area contributed by atoms with Crippen LogP contribution in [0.5, 0.6) is 0 Å². The Morgan fingerprint density at radius 1 is 1.00 bits per heavy atom.